The van der Waals surface area contributed by atoms with Gasteiger partial charge in [0.05, 0.1) is 19.1 Å². The van der Waals surface area contributed by atoms with Crippen molar-refractivity contribution in [3.05, 3.63) is 0 Å². The first kappa shape index (κ1) is 14.0. The van der Waals surface area contributed by atoms with Crippen LogP contribution in [0.3, 0.4) is 0 Å². The quantitative estimate of drug-likeness (QED) is 0.730. The second kappa shape index (κ2) is 6.59. The topological polar surface area (TPSA) is 72.6 Å². The zero-order valence-electron chi connectivity index (χ0n) is 10.6. The molecule has 0 unspecified atom stereocenters. The number of carbonyl (C=O) groups is 2. The van der Waals surface area contributed by atoms with Gasteiger partial charge in [-0.3, -0.25) is 9.59 Å². The van der Waals surface area contributed by atoms with Crippen LogP contribution in [0, 0.1) is 5.92 Å². The number of hydrogen-bond donors (Lipinski definition) is 1. The number of nitrogens with zero attached hydrogens (tertiary/aromatic N) is 1. The van der Waals surface area contributed by atoms with Crippen LogP contribution in [0.2, 0.25) is 0 Å². The van der Waals surface area contributed by atoms with Crippen molar-refractivity contribution in [2.45, 2.75) is 38.6 Å². The molecule has 0 spiro atoms. The average molecular weight is 242 g/mol. The zero-order chi connectivity index (χ0) is 12.8. The highest BCUT2D eigenvalue weighted by Gasteiger charge is 2.29. The first-order valence-electron chi connectivity index (χ1n) is 6.22. The number of carbonyl (C=O) groups excluding carboxylic acids is 2. The maximum atomic E-state index is 11.9. The third kappa shape index (κ3) is 3.70. The minimum absolute atomic E-state index is 0.00941. The lowest BCUT2D eigenvalue weighted by Gasteiger charge is -2.32. The molecule has 5 nitrogen and oxygen atoms in total. The van der Waals surface area contributed by atoms with Crippen LogP contribution in [-0.2, 0) is 14.3 Å². The smallest absolute Gasteiger partial charge is 0.308 e. The van der Waals surface area contributed by atoms with Crippen LogP contribution in [0.25, 0.3) is 0 Å². The number of nitrogens with two attached hydrogens (primary N) is 1. The SMILES string of the molecule is CCC[C@@H](N)C(=O)N1CCC(C(=O)OC)CC1. The highest BCUT2D eigenvalue weighted by atomic mass is 16.5. The Balaban J connectivity index is 2.41. The fourth-order valence-electron chi connectivity index (χ4n) is 2.17. The molecule has 0 saturated carbocycles. The normalized spacial score (nSPS) is 18.9. The Hall–Kier alpha value is -1.10. The highest BCUT2D eigenvalue weighted by molar-refractivity contribution is 5.82. The Morgan fingerprint density at radius 2 is 2.00 bits per heavy atom. The third-order valence-electron chi connectivity index (χ3n) is 3.26. The van der Waals surface area contributed by atoms with Gasteiger partial charge in [-0.2, -0.15) is 0 Å². The summed E-state index contributed by atoms with van der Waals surface area (Å²) in [6.45, 7) is 3.22. The Morgan fingerprint density at radius 1 is 1.41 bits per heavy atom. The van der Waals surface area contributed by atoms with Crippen LogP contribution in [0.5, 0.6) is 0 Å². The first-order valence-corrected chi connectivity index (χ1v) is 6.22. The van der Waals surface area contributed by atoms with E-state index in [9.17, 15) is 9.59 Å². The van der Waals surface area contributed by atoms with E-state index in [1.807, 2.05) is 6.92 Å². The van der Waals surface area contributed by atoms with Crippen LogP contribution >= 0.6 is 0 Å². The van der Waals surface area contributed by atoms with Gasteiger partial charge in [0, 0.05) is 13.1 Å². The van der Waals surface area contributed by atoms with E-state index >= 15 is 0 Å². The number of rotatable bonds is 4. The number of hydrogen-bond acceptors (Lipinski definition) is 4. The number of ether oxygens (including phenoxy) is 1. The Kier molecular flexibility index (Phi) is 5.41. The molecule has 0 aliphatic carbocycles. The molecule has 1 fully saturated rings. The molecule has 1 heterocycles. The second-order valence-electron chi connectivity index (χ2n) is 4.52. The maximum Gasteiger partial charge on any atom is 0.308 e. The number of esters is 1. The molecule has 0 radical (unpaired) electrons. The number of piperidine rings is 1. The average Bonchev–Trinajstić information content (AvgIpc) is 2.37. The van der Waals surface area contributed by atoms with Crippen molar-refractivity contribution < 1.29 is 14.3 Å². The summed E-state index contributed by atoms with van der Waals surface area (Å²) in [5.41, 5.74) is 5.80. The number of amides is 1. The number of likely N-dealkylation sites (tertiary alicyclic amines) is 1. The molecule has 0 aromatic heterocycles. The summed E-state index contributed by atoms with van der Waals surface area (Å²) >= 11 is 0. The molecule has 98 valence electrons. The molecule has 17 heavy (non-hydrogen) atoms. The van der Waals surface area contributed by atoms with Gasteiger partial charge in [-0.05, 0) is 19.3 Å². The van der Waals surface area contributed by atoms with Crippen LogP contribution < -0.4 is 5.73 Å². The maximum absolute atomic E-state index is 11.9. The van der Waals surface area contributed by atoms with E-state index in [4.69, 9.17) is 10.5 Å². The fraction of sp³-hybridized carbons (Fsp3) is 0.833. The number of methoxy groups -OCH3 is 1. The predicted octanol–water partition coefficient (Wildman–Crippen LogP) is 0.525. The van der Waals surface area contributed by atoms with Crippen molar-refractivity contribution in [1.82, 2.24) is 4.90 Å². The van der Waals surface area contributed by atoms with Gasteiger partial charge < -0.3 is 15.4 Å². The van der Waals surface area contributed by atoms with Gasteiger partial charge in [0.15, 0.2) is 0 Å². The summed E-state index contributed by atoms with van der Waals surface area (Å²) < 4.78 is 4.70. The Bertz CT molecular complexity index is 273. The van der Waals surface area contributed by atoms with Crippen LogP contribution in [0.15, 0.2) is 0 Å². The third-order valence-corrected chi connectivity index (χ3v) is 3.26. The Labute approximate surface area is 102 Å². The highest BCUT2D eigenvalue weighted by Crippen LogP contribution is 2.19. The molecule has 1 aliphatic heterocycles. The van der Waals surface area contributed by atoms with E-state index in [1.165, 1.54) is 7.11 Å². The molecular formula is C12H22N2O3. The van der Waals surface area contributed by atoms with Crippen molar-refractivity contribution >= 4 is 11.9 Å². The molecule has 1 rings (SSSR count). The van der Waals surface area contributed by atoms with E-state index in [2.05, 4.69) is 0 Å². The summed E-state index contributed by atoms with van der Waals surface area (Å²) in [5, 5.41) is 0. The van der Waals surface area contributed by atoms with E-state index < -0.39 is 6.04 Å². The van der Waals surface area contributed by atoms with Crippen molar-refractivity contribution in [3.8, 4) is 0 Å². The molecule has 1 amide bonds. The zero-order valence-corrected chi connectivity index (χ0v) is 10.6. The summed E-state index contributed by atoms with van der Waals surface area (Å²) in [6, 6.07) is -0.394. The van der Waals surface area contributed by atoms with Gasteiger partial charge in [0.2, 0.25) is 5.91 Å². The van der Waals surface area contributed by atoms with E-state index in [0.29, 0.717) is 25.9 Å². The van der Waals surface area contributed by atoms with Crippen LogP contribution in [0.1, 0.15) is 32.6 Å². The molecule has 0 bridgehead atoms. The van der Waals surface area contributed by atoms with Gasteiger partial charge in [-0.15, -0.1) is 0 Å². The standard InChI is InChI=1S/C12H22N2O3/c1-3-4-10(13)11(15)14-7-5-9(6-8-14)12(16)17-2/h9-10H,3-8,13H2,1-2H3/t10-/m1/s1. The minimum Gasteiger partial charge on any atom is -0.469 e. The minimum atomic E-state index is -0.394. The van der Waals surface area contributed by atoms with Crippen LogP contribution in [-0.4, -0.2) is 43.0 Å². The molecular weight excluding hydrogens is 220 g/mol. The molecule has 1 atom stereocenters. The molecule has 1 saturated heterocycles. The van der Waals surface area contributed by atoms with E-state index in [-0.39, 0.29) is 17.8 Å². The largest absolute Gasteiger partial charge is 0.469 e. The Morgan fingerprint density at radius 3 is 2.47 bits per heavy atom. The lowest BCUT2D eigenvalue weighted by atomic mass is 9.96. The molecule has 5 heteroatoms. The second-order valence-corrected chi connectivity index (χ2v) is 4.52. The van der Waals surface area contributed by atoms with Crippen molar-refractivity contribution in [1.29, 1.82) is 0 Å². The summed E-state index contributed by atoms with van der Waals surface area (Å²) in [4.78, 5) is 25.0. The first-order chi connectivity index (χ1) is 8.10. The van der Waals surface area contributed by atoms with Crippen molar-refractivity contribution in [3.63, 3.8) is 0 Å². The molecule has 0 aromatic carbocycles. The van der Waals surface area contributed by atoms with Crippen LogP contribution in [0.4, 0.5) is 0 Å². The van der Waals surface area contributed by atoms with E-state index in [1.54, 1.807) is 4.90 Å². The monoisotopic (exact) mass is 242 g/mol. The summed E-state index contributed by atoms with van der Waals surface area (Å²) in [6.07, 6.45) is 2.98. The van der Waals surface area contributed by atoms with Gasteiger partial charge in [0.1, 0.15) is 0 Å². The lowest BCUT2D eigenvalue weighted by Crippen LogP contribution is -2.47. The predicted molar refractivity (Wildman–Crippen MR) is 64.2 cm³/mol. The molecule has 1 aliphatic rings. The van der Waals surface area contributed by atoms with Gasteiger partial charge in [-0.25, -0.2) is 0 Å². The molecule has 0 aromatic rings. The van der Waals surface area contributed by atoms with Crippen molar-refractivity contribution in [2.24, 2.45) is 11.7 Å². The molecule has 2 N–H and O–H groups in total. The lowest BCUT2D eigenvalue weighted by molar-refractivity contribution is -0.149. The van der Waals surface area contributed by atoms with E-state index in [0.717, 1.165) is 12.8 Å². The summed E-state index contributed by atoms with van der Waals surface area (Å²) in [5.74, 6) is -0.225. The fourth-order valence-corrected chi connectivity index (χ4v) is 2.17. The van der Waals surface area contributed by atoms with Gasteiger partial charge in [0.25, 0.3) is 0 Å². The summed E-state index contributed by atoms with van der Waals surface area (Å²) in [7, 11) is 1.40. The van der Waals surface area contributed by atoms with Gasteiger partial charge >= 0.3 is 5.97 Å². The van der Waals surface area contributed by atoms with Crippen molar-refractivity contribution in [2.75, 3.05) is 20.2 Å². The van der Waals surface area contributed by atoms with Gasteiger partial charge in [-0.1, -0.05) is 13.3 Å².